The lowest BCUT2D eigenvalue weighted by molar-refractivity contribution is -0.140. The summed E-state index contributed by atoms with van der Waals surface area (Å²) in [6.07, 6.45) is 5.37. The number of esters is 1. The van der Waals surface area contributed by atoms with Crippen LogP contribution in [-0.2, 0) is 22.6 Å². The minimum atomic E-state index is -0.209. The van der Waals surface area contributed by atoms with Crippen molar-refractivity contribution >= 4 is 5.97 Å². The summed E-state index contributed by atoms with van der Waals surface area (Å²) in [6.45, 7) is 7.67. The van der Waals surface area contributed by atoms with Crippen molar-refractivity contribution in [3.63, 3.8) is 0 Å². The molecule has 0 saturated carbocycles. The number of ether oxygens (including phenoxy) is 1. The predicted octanol–water partition coefficient (Wildman–Crippen LogP) is 1.71. The molecule has 1 saturated heterocycles. The van der Waals surface area contributed by atoms with Crippen LogP contribution in [0.25, 0.3) is 0 Å². The zero-order valence-corrected chi connectivity index (χ0v) is 14.6. The van der Waals surface area contributed by atoms with Crippen molar-refractivity contribution in [1.29, 1.82) is 0 Å². The van der Waals surface area contributed by atoms with E-state index in [1.807, 2.05) is 19.3 Å². The van der Waals surface area contributed by atoms with Crippen LogP contribution in [0.1, 0.15) is 35.8 Å². The average Bonchev–Trinajstić information content (AvgIpc) is 3.26. The first-order chi connectivity index (χ1) is 11.5. The summed E-state index contributed by atoms with van der Waals surface area (Å²) in [5.41, 5.74) is 3.49. The number of hydrogen-bond acceptors (Lipinski definition) is 5. The molecule has 7 nitrogen and oxygen atoms in total. The van der Waals surface area contributed by atoms with Gasteiger partial charge >= 0.3 is 5.97 Å². The summed E-state index contributed by atoms with van der Waals surface area (Å²) in [6, 6.07) is 2.58. The Morgan fingerprint density at radius 1 is 1.42 bits per heavy atom. The van der Waals surface area contributed by atoms with Gasteiger partial charge < -0.3 is 4.74 Å². The SMILES string of the molecule is COC(=O)CCn1cc(CN2CC[C@@H](n3nc(C)cc3C)C2)cn1. The van der Waals surface area contributed by atoms with Gasteiger partial charge in [-0.25, -0.2) is 0 Å². The number of hydrogen-bond donors (Lipinski definition) is 0. The fourth-order valence-corrected chi connectivity index (χ4v) is 3.35. The van der Waals surface area contributed by atoms with E-state index in [1.54, 1.807) is 4.68 Å². The van der Waals surface area contributed by atoms with Gasteiger partial charge in [0.2, 0.25) is 0 Å². The van der Waals surface area contributed by atoms with Crippen LogP contribution in [0.5, 0.6) is 0 Å². The van der Waals surface area contributed by atoms with Crippen LogP contribution in [0, 0.1) is 13.8 Å². The van der Waals surface area contributed by atoms with Crippen LogP contribution in [0.2, 0.25) is 0 Å². The van der Waals surface area contributed by atoms with Crippen LogP contribution in [0.3, 0.4) is 0 Å². The number of aryl methyl sites for hydroxylation is 3. The van der Waals surface area contributed by atoms with Gasteiger partial charge in [0.15, 0.2) is 0 Å². The van der Waals surface area contributed by atoms with Crippen LogP contribution in [0.15, 0.2) is 18.5 Å². The van der Waals surface area contributed by atoms with E-state index in [0.29, 0.717) is 19.0 Å². The van der Waals surface area contributed by atoms with E-state index in [1.165, 1.54) is 18.4 Å². The highest BCUT2D eigenvalue weighted by molar-refractivity contribution is 5.68. The van der Waals surface area contributed by atoms with Gasteiger partial charge in [0, 0.05) is 37.1 Å². The van der Waals surface area contributed by atoms with Crippen LogP contribution in [0.4, 0.5) is 0 Å². The van der Waals surface area contributed by atoms with Gasteiger partial charge in [-0.05, 0) is 26.3 Å². The molecule has 0 spiro atoms. The van der Waals surface area contributed by atoms with Crippen molar-refractivity contribution in [2.45, 2.75) is 45.8 Å². The molecule has 2 aromatic rings. The molecule has 1 aliphatic heterocycles. The van der Waals surface area contributed by atoms with Crippen molar-refractivity contribution < 1.29 is 9.53 Å². The Balaban J connectivity index is 1.53. The fraction of sp³-hybridized carbons (Fsp3) is 0.588. The number of nitrogens with zero attached hydrogens (tertiary/aromatic N) is 5. The van der Waals surface area contributed by atoms with Gasteiger partial charge in [0.1, 0.15) is 0 Å². The maximum absolute atomic E-state index is 11.2. The number of methoxy groups -OCH3 is 1. The lowest BCUT2D eigenvalue weighted by Gasteiger charge is -2.16. The molecule has 130 valence electrons. The lowest BCUT2D eigenvalue weighted by Crippen LogP contribution is -2.21. The molecule has 24 heavy (non-hydrogen) atoms. The highest BCUT2D eigenvalue weighted by atomic mass is 16.5. The third-order valence-electron chi connectivity index (χ3n) is 4.50. The maximum atomic E-state index is 11.2. The molecule has 2 aromatic heterocycles. The van der Waals surface area contributed by atoms with E-state index in [4.69, 9.17) is 0 Å². The summed E-state index contributed by atoms with van der Waals surface area (Å²) >= 11 is 0. The second kappa shape index (κ2) is 7.17. The highest BCUT2D eigenvalue weighted by Gasteiger charge is 2.25. The van der Waals surface area contributed by atoms with Crippen molar-refractivity contribution in [2.75, 3.05) is 20.2 Å². The van der Waals surface area contributed by atoms with Crippen molar-refractivity contribution in [3.8, 4) is 0 Å². The molecule has 1 atom stereocenters. The smallest absolute Gasteiger partial charge is 0.307 e. The topological polar surface area (TPSA) is 65.2 Å². The number of carbonyl (C=O) groups is 1. The Labute approximate surface area is 142 Å². The molecule has 0 unspecified atom stereocenters. The van der Waals surface area contributed by atoms with E-state index in [-0.39, 0.29) is 5.97 Å². The first-order valence-electron chi connectivity index (χ1n) is 8.38. The zero-order chi connectivity index (χ0) is 17.1. The number of carbonyl (C=O) groups excluding carboxylic acids is 1. The molecule has 7 heteroatoms. The third-order valence-corrected chi connectivity index (χ3v) is 4.50. The highest BCUT2D eigenvalue weighted by Crippen LogP contribution is 2.24. The quantitative estimate of drug-likeness (QED) is 0.754. The fourth-order valence-electron chi connectivity index (χ4n) is 3.35. The zero-order valence-electron chi connectivity index (χ0n) is 14.6. The van der Waals surface area contributed by atoms with Crippen molar-refractivity contribution in [3.05, 3.63) is 35.4 Å². The molecule has 0 aliphatic carbocycles. The van der Waals surface area contributed by atoms with E-state index in [2.05, 4.69) is 37.5 Å². The minimum absolute atomic E-state index is 0.209. The second-order valence-electron chi connectivity index (χ2n) is 6.49. The summed E-state index contributed by atoms with van der Waals surface area (Å²) in [4.78, 5) is 13.6. The summed E-state index contributed by atoms with van der Waals surface area (Å²) in [5, 5.41) is 8.94. The molecular formula is C17H25N5O2. The van der Waals surface area contributed by atoms with Gasteiger partial charge in [-0.1, -0.05) is 0 Å². The van der Waals surface area contributed by atoms with E-state index in [9.17, 15) is 4.79 Å². The Morgan fingerprint density at radius 2 is 2.25 bits per heavy atom. The summed E-state index contributed by atoms with van der Waals surface area (Å²) < 4.78 is 8.62. The normalized spacial score (nSPS) is 18.2. The maximum Gasteiger partial charge on any atom is 0.307 e. The Morgan fingerprint density at radius 3 is 2.96 bits per heavy atom. The minimum Gasteiger partial charge on any atom is -0.469 e. The standard InChI is InChI=1S/C17H25N5O2/c1-13-8-14(2)22(19-13)16-4-6-20(12-16)10-15-9-18-21(11-15)7-5-17(23)24-3/h8-9,11,16H,4-7,10,12H2,1-3H3/t16-/m1/s1. The average molecular weight is 331 g/mol. The van der Waals surface area contributed by atoms with E-state index >= 15 is 0 Å². The molecule has 0 aromatic carbocycles. The number of likely N-dealkylation sites (tertiary alicyclic amines) is 1. The van der Waals surface area contributed by atoms with Gasteiger partial charge in [-0.15, -0.1) is 0 Å². The van der Waals surface area contributed by atoms with Gasteiger partial charge in [0.25, 0.3) is 0 Å². The number of aromatic nitrogens is 4. The van der Waals surface area contributed by atoms with E-state index in [0.717, 1.165) is 31.7 Å². The van der Waals surface area contributed by atoms with Crippen molar-refractivity contribution in [2.24, 2.45) is 0 Å². The monoisotopic (exact) mass is 331 g/mol. The first kappa shape index (κ1) is 16.7. The molecular weight excluding hydrogens is 306 g/mol. The first-order valence-corrected chi connectivity index (χ1v) is 8.38. The van der Waals surface area contributed by atoms with Gasteiger partial charge in [0.05, 0.1) is 38.0 Å². The Hall–Kier alpha value is -2.15. The molecule has 3 heterocycles. The molecule has 0 bridgehead atoms. The lowest BCUT2D eigenvalue weighted by atomic mass is 10.2. The molecule has 3 rings (SSSR count). The molecule has 0 amide bonds. The van der Waals surface area contributed by atoms with Crippen LogP contribution < -0.4 is 0 Å². The van der Waals surface area contributed by atoms with Gasteiger partial charge in [-0.3, -0.25) is 19.1 Å². The predicted molar refractivity (Wildman–Crippen MR) is 89.5 cm³/mol. The van der Waals surface area contributed by atoms with Gasteiger partial charge in [-0.2, -0.15) is 10.2 Å². The van der Waals surface area contributed by atoms with Crippen LogP contribution >= 0.6 is 0 Å². The Kier molecular flexibility index (Phi) is 4.99. The van der Waals surface area contributed by atoms with Crippen molar-refractivity contribution in [1.82, 2.24) is 24.5 Å². The molecule has 0 N–H and O–H groups in total. The van der Waals surface area contributed by atoms with E-state index < -0.39 is 0 Å². The molecule has 1 fully saturated rings. The molecule has 1 aliphatic rings. The third kappa shape index (κ3) is 3.84. The largest absolute Gasteiger partial charge is 0.469 e. The molecule has 0 radical (unpaired) electrons. The summed E-state index contributed by atoms with van der Waals surface area (Å²) in [7, 11) is 1.41. The number of rotatable bonds is 6. The second-order valence-corrected chi connectivity index (χ2v) is 6.49. The van der Waals surface area contributed by atoms with Crippen LogP contribution in [-0.4, -0.2) is 50.6 Å². The Bertz CT molecular complexity index is 706. The summed E-state index contributed by atoms with van der Waals surface area (Å²) in [5.74, 6) is -0.209.